The molecule has 1 aromatic rings. The molecule has 1 saturated carbocycles. The van der Waals surface area contributed by atoms with E-state index < -0.39 is 16.0 Å². The second kappa shape index (κ2) is 7.75. The smallest absolute Gasteiger partial charge is 0.306 e. The largest absolute Gasteiger partial charge is 0.481 e. The lowest BCUT2D eigenvalue weighted by atomic mass is 9.81. The SMILES string of the molecule is O=C(O)C1CCC(C(=O)N2CCN(S(=O)(=O)c3ccccc3)CC2)CC1. The third-order valence-electron chi connectivity index (χ3n) is 5.36. The molecule has 0 radical (unpaired) electrons. The number of hydrogen-bond donors (Lipinski definition) is 1. The van der Waals surface area contributed by atoms with Gasteiger partial charge in [0.05, 0.1) is 10.8 Å². The summed E-state index contributed by atoms with van der Waals surface area (Å²) in [6, 6.07) is 8.32. The second-order valence-corrected chi connectivity index (χ2v) is 8.87. The molecule has 0 unspecified atom stereocenters. The zero-order valence-electron chi connectivity index (χ0n) is 14.6. The summed E-state index contributed by atoms with van der Waals surface area (Å²) in [7, 11) is -3.52. The Labute approximate surface area is 153 Å². The van der Waals surface area contributed by atoms with Crippen LogP contribution in [0.5, 0.6) is 0 Å². The maximum Gasteiger partial charge on any atom is 0.306 e. The summed E-state index contributed by atoms with van der Waals surface area (Å²) in [5.41, 5.74) is 0. The molecule has 0 bridgehead atoms. The minimum Gasteiger partial charge on any atom is -0.481 e. The molecule has 1 saturated heterocycles. The highest BCUT2D eigenvalue weighted by Crippen LogP contribution is 2.30. The van der Waals surface area contributed by atoms with E-state index in [1.54, 1.807) is 35.2 Å². The van der Waals surface area contributed by atoms with Crippen LogP contribution in [0.1, 0.15) is 25.7 Å². The van der Waals surface area contributed by atoms with Crippen molar-refractivity contribution in [3.05, 3.63) is 30.3 Å². The van der Waals surface area contributed by atoms with Gasteiger partial charge in [-0.25, -0.2) is 8.42 Å². The Morgan fingerprint density at radius 3 is 1.96 bits per heavy atom. The third-order valence-corrected chi connectivity index (χ3v) is 7.27. The Kier molecular flexibility index (Phi) is 5.62. The van der Waals surface area contributed by atoms with Crippen molar-refractivity contribution >= 4 is 21.9 Å². The number of piperazine rings is 1. The van der Waals surface area contributed by atoms with E-state index in [0.29, 0.717) is 38.8 Å². The first-order valence-corrected chi connectivity index (χ1v) is 10.4. The van der Waals surface area contributed by atoms with E-state index in [4.69, 9.17) is 5.11 Å². The molecule has 1 heterocycles. The second-order valence-electron chi connectivity index (χ2n) is 6.93. The van der Waals surface area contributed by atoms with Crippen LogP contribution < -0.4 is 0 Å². The highest BCUT2D eigenvalue weighted by Gasteiger charge is 2.35. The van der Waals surface area contributed by atoms with Gasteiger partial charge in [-0.05, 0) is 37.8 Å². The number of carbonyl (C=O) groups is 2. The van der Waals surface area contributed by atoms with Crippen LogP contribution in [0.2, 0.25) is 0 Å². The minimum atomic E-state index is -3.52. The quantitative estimate of drug-likeness (QED) is 0.852. The molecule has 1 aliphatic heterocycles. The van der Waals surface area contributed by atoms with Gasteiger partial charge < -0.3 is 10.0 Å². The van der Waals surface area contributed by atoms with Crippen molar-refractivity contribution in [3.8, 4) is 0 Å². The van der Waals surface area contributed by atoms with E-state index in [1.807, 2.05) is 0 Å². The highest BCUT2D eigenvalue weighted by molar-refractivity contribution is 7.89. The van der Waals surface area contributed by atoms with Gasteiger partial charge in [0.15, 0.2) is 0 Å². The van der Waals surface area contributed by atoms with Gasteiger partial charge in [0.2, 0.25) is 15.9 Å². The monoisotopic (exact) mass is 380 g/mol. The molecule has 8 heteroatoms. The fraction of sp³-hybridized carbons (Fsp3) is 0.556. The Balaban J connectivity index is 1.55. The number of aliphatic carboxylic acids is 1. The van der Waals surface area contributed by atoms with Gasteiger partial charge in [0.25, 0.3) is 0 Å². The van der Waals surface area contributed by atoms with Crippen LogP contribution in [0.3, 0.4) is 0 Å². The Bertz CT molecular complexity index is 749. The number of nitrogens with zero attached hydrogens (tertiary/aromatic N) is 2. The molecule has 1 amide bonds. The van der Waals surface area contributed by atoms with Crippen LogP contribution in [0.4, 0.5) is 0 Å². The fourth-order valence-electron chi connectivity index (χ4n) is 3.74. The van der Waals surface area contributed by atoms with E-state index >= 15 is 0 Å². The van der Waals surface area contributed by atoms with Crippen LogP contribution in [0, 0.1) is 11.8 Å². The summed E-state index contributed by atoms with van der Waals surface area (Å²) >= 11 is 0. The van der Waals surface area contributed by atoms with Gasteiger partial charge in [-0.2, -0.15) is 4.31 Å². The number of carboxylic acid groups (broad SMARTS) is 1. The first-order chi connectivity index (χ1) is 12.4. The molecule has 26 heavy (non-hydrogen) atoms. The van der Waals surface area contributed by atoms with Crippen molar-refractivity contribution in [1.29, 1.82) is 0 Å². The van der Waals surface area contributed by atoms with Crippen molar-refractivity contribution in [3.63, 3.8) is 0 Å². The average Bonchev–Trinajstić information content (AvgIpc) is 2.68. The lowest BCUT2D eigenvalue weighted by Gasteiger charge is -2.37. The zero-order chi connectivity index (χ0) is 18.7. The van der Waals surface area contributed by atoms with Crippen LogP contribution >= 0.6 is 0 Å². The summed E-state index contributed by atoms with van der Waals surface area (Å²) in [5.74, 6) is -1.23. The summed E-state index contributed by atoms with van der Waals surface area (Å²) in [4.78, 5) is 25.7. The van der Waals surface area contributed by atoms with Crippen LogP contribution in [0.25, 0.3) is 0 Å². The maximum atomic E-state index is 12.7. The fourth-order valence-corrected chi connectivity index (χ4v) is 5.18. The van der Waals surface area contributed by atoms with Gasteiger partial charge in [-0.3, -0.25) is 9.59 Å². The predicted octanol–water partition coefficient (Wildman–Crippen LogP) is 1.41. The molecule has 2 fully saturated rings. The number of sulfonamides is 1. The van der Waals surface area contributed by atoms with E-state index in [2.05, 4.69) is 0 Å². The molecule has 0 spiro atoms. The number of amides is 1. The lowest BCUT2D eigenvalue weighted by Crippen LogP contribution is -2.52. The maximum absolute atomic E-state index is 12.7. The molecule has 142 valence electrons. The summed E-state index contributed by atoms with van der Waals surface area (Å²) < 4.78 is 26.7. The van der Waals surface area contributed by atoms with Crippen LogP contribution in [0.15, 0.2) is 35.2 Å². The van der Waals surface area contributed by atoms with E-state index in [9.17, 15) is 18.0 Å². The zero-order valence-corrected chi connectivity index (χ0v) is 15.4. The lowest BCUT2D eigenvalue weighted by molar-refractivity contribution is -0.146. The molecule has 2 aliphatic rings. The molecule has 0 atom stereocenters. The average molecular weight is 380 g/mol. The number of rotatable bonds is 4. The Morgan fingerprint density at radius 2 is 1.42 bits per heavy atom. The van der Waals surface area contributed by atoms with Gasteiger partial charge >= 0.3 is 5.97 Å². The standard InChI is InChI=1S/C18H24N2O5S/c21-17(14-6-8-15(9-7-14)18(22)23)19-10-12-20(13-11-19)26(24,25)16-4-2-1-3-5-16/h1-5,14-15H,6-13H2,(H,22,23). The minimum absolute atomic E-state index is 0.0330. The molecule has 1 N–H and O–H groups in total. The normalized spacial score (nSPS) is 25.0. The van der Waals surface area contributed by atoms with E-state index in [0.717, 1.165) is 0 Å². The van der Waals surface area contributed by atoms with E-state index in [-0.39, 0.29) is 35.7 Å². The van der Waals surface area contributed by atoms with Gasteiger partial charge in [0, 0.05) is 32.1 Å². The van der Waals surface area contributed by atoms with E-state index in [1.165, 1.54) is 4.31 Å². The van der Waals surface area contributed by atoms with Crippen molar-refractivity contribution in [2.45, 2.75) is 30.6 Å². The van der Waals surface area contributed by atoms with Crippen molar-refractivity contribution < 1.29 is 23.1 Å². The number of benzene rings is 1. The van der Waals surface area contributed by atoms with Gasteiger partial charge in [0.1, 0.15) is 0 Å². The molecule has 3 rings (SSSR count). The summed E-state index contributed by atoms with van der Waals surface area (Å²) in [6.07, 6.45) is 2.26. The van der Waals surface area contributed by atoms with Crippen molar-refractivity contribution in [1.82, 2.24) is 9.21 Å². The molecule has 7 nitrogen and oxygen atoms in total. The molecular formula is C18H24N2O5S. The van der Waals surface area contributed by atoms with Crippen molar-refractivity contribution in [2.75, 3.05) is 26.2 Å². The molecule has 0 aromatic heterocycles. The predicted molar refractivity (Wildman–Crippen MR) is 94.9 cm³/mol. The van der Waals surface area contributed by atoms with Crippen LogP contribution in [-0.2, 0) is 19.6 Å². The molecule has 1 aromatic carbocycles. The first-order valence-electron chi connectivity index (χ1n) is 8.96. The number of carboxylic acids is 1. The van der Waals surface area contributed by atoms with Crippen LogP contribution in [-0.4, -0.2) is 60.8 Å². The van der Waals surface area contributed by atoms with Crippen molar-refractivity contribution in [2.24, 2.45) is 11.8 Å². The summed E-state index contributed by atoms with van der Waals surface area (Å²) in [5, 5.41) is 9.05. The first kappa shape index (κ1) is 18.8. The third kappa shape index (κ3) is 3.91. The number of hydrogen-bond acceptors (Lipinski definition) is 4. The topological polar surface area (TPSA) is 95.0 Å². The molecular weight excluding hydrogens is 356 g/mol. The van der Waals surface area contributed by atoms with Gasteiger partial charge in [-0.1, -0.05) is 18.2 Å². The Morgan fingerprint density at radius 1 is 0.885 bits per heavy atom. The Hall–Kier alpha value is -1.93. The molecule has 1 aliphatic carbocycles. The number of carbonyl (C=O) groups excluding carboxylic acids is 1. The van der Waals surface area contributed by atoms with Gasteiger partial charge in [-0.15, -0.1) is 0 Å². The summed E-state index contributed by atoms with van der Waals surface area (Å²) in [6.45, 7) is 1.33. The highest BCUT2D eigenvalue weighted by atomic mass is 32.2.